The van der Waals surface area contributed by atoms with Gasteiger partial charge in [0.1, 0.15) is 12.1 Å². The Balaban J connectivity index is 1.35. The van der Waals surface area contributed by atoms with Crippen LogP contribution in [0.5, 0.6) is 0 Å². The number of nitrogens with one attached hydrogen (secondary N) is 3. The molecule has 4 rings (SSSR count). The average molecular weight is 548 g/mol. The monoisotopic (exact) mass is 547 g/mol. The summed E-state index contributed by atoms with van der Waals surface area (Å²) in [5.41, 5.74) is 1.12. The summed E-state index contributed by atoms with van der Waals surface area (Å²) in [4.78, 5) is 38.4. The van der Waals surface area contributed by atoms with E-state index in [1.807, 2.05) is 24.3 Å². The number of benzene rings is 1. The molecule has 1 aromatic rings. The predicted molar refractivity (Wildman–Crippen MR) is 146 cm³/mol. The Bertz CT molecular complexity index is 954. The summed E-state index contributed by atoms with van der Waals surface area (Å²) in [6.45, 7) is 0.357. The lowest BCUT2D eigenvalue weighted by atomic mass is 9.84. The van der Waals surface area contributed by atoms with Crippen molar-refractivity contribution in [1.82, 2.24) is 16.0 Å². The Kier molecular flexibility index (Phi) is 10.7. The number of amides is 3. The molecule has 1 heterocycles. The molecule has 1 aliphatic heterocycles. The number of alkyl carbamates (subject to hydrolysis) is 1. The van der Waals surface area contributed by atoms with E-state index in [9.17, 15) is 19.5 Å². The van der Waals surface area contributed by atoms with Gasteiger partial charge in [-0.05, 0) is 68.6 Å². The highest BCUT2D eigenvalue weighted by Gasteiger charge is 2.34. The normalized spacial score (nSPS) is 25.4. The van der Waals surface area contributed by atoms with E-state index in [0.29, 0.717) is 36.7 Å². The van der Waals surface area contributed by atoms with Crippen LogP contribution in [0.2, 0.25) is 5.02 Å². The minimum atomic E-state index is -0.746. The van der Waals surface area contributed by atoms with Crippen molar-refractivity contribution >= 4 is 29.5 Å². The molecule has 3 fully saturated rings. The Morgan fingerprint density at radius 2 is 1.87 bits per heavy atom. The van der Waals surface area contributed by atoms with Crippen LogP contribution in [0.15, 0.2) is 24.3 Å². The van der Waals surface area contributed by atoms with E-state index >= 15 is 0 Å². The zero-order valence-electron chi connectivity index (χ0n) is 22.1. The molecule has 0 spiro atoms. The molecule has 0 bridgehead atoms. The van der Waals surface area contributed by atoms with Crippen LogP contribution in [0.1, 0.15) is 76.2 Å². The molecule has 2 aliphatic carbocycles. The lowest BCUT2D eigenvalue weighted by Gasteiger charge is -2.29. The summed E-state index contributed by atoms with van der Waals surface area (Å²) in [7, 11) is 0. The largest absolute Gasteiger partial charge is 0.446 e. The van der Waals surface area contributed by atoms with Gasteiger partial charge in [0.2, 0.25) is 11.8 Å². The topological polar surface area (TPSA) is 117 Å². The van der Waals surface area contributed by atoms with Crippen molar-refractivity contribution in [1.29, 1.82) is 0 Å². The van der Waals surface area contributed by atoms with Gasteiger partial charge in [0.15, 0.2) is 0 Å². The van der Waals surface area contributed by atoms with Crippen molar-refractivity contribution in [3.63, 3.8) is 0 Å². The Labute approximate surface area is 230 Å². The van der Waals surface area contributed by atoms with Crippen LogP contribution in [0.4, 0.5) is 4.79 Å². The van der Waals surface area contributed by atoms with E-state index in [-0.39, 0.29) is 36.4 Å². The third-order valence-electron chi connectivity index (χ3n) is 8.44. The molecule has 0 aromatic heterocycles. The average Bonchev–Trinajstić information content (AvgIpc) is 3.51. The smallest absolute Gasteiger partial charge is 0.408 e. The number of rotatable bonds is 11. The van der Waals surface area contributed by atoms with Crippen LogP contribution in [0, 0.1) is 17.8 Å². The van der Waals surface area contributed by atoms with Crippen LogP contribution in [0.25, 0.3) is 0 Å². The van der Waals surface area contributed by atoms with Gasteiger partial charge < -0.3 is 25.8 Å². The molecule has 38 heavy (non-hydrogen) atoms. The molecule has 1 aromatic carbocycles. The Morgan fingerprint density at radius 3 is 2.58 bits per heavy atom. The van der Waals surface area contributed by atoms with Crippen LogP contribution < -0.4 is 16.0 Å². The molecule has 2 saturated carbocycles. The second-order valence-corrected chi connectivity index (χ2v) is 11.7. The van der Waals surface area contributed by atoms with Crippen LogP contribution in [-0.2, 0) is 20.7 Å². The molecule has 3 aliphatic rings. The molecule has 0 radical (unpaired) electrons. The second kappa shape index (κ2) is 14.2. The first-order valence-electron chi connectivity index (χ1n) is 14.3. The van der Waals surface area contributed by atoms with E-state index in [0.717, 1.165) is 56.9 Å². The van der Waals surface area contributed by atoms with Gasteiger partial charge in [0.25, 0.3) is 0 Å². The number of hydrogen-bond acceptors (Lipinski definition) is 5. The molecule has 4 N–H and O–H groups in total. The summed E-state index contributed by atoms with van der Waals surface area (Å²) in [5, 5.41) is 19.2. The van der Waals surface area contributed by atoms with Gasteiger partial charge in [-0.1, -0.05) is 55.8 Å². The zero-order valence-corrected chi connectivity index (χ0v) is 22.9. The fraction of sp³-hybridized carbons (Fsp3) is 0.690. The van der Waals surface area contributed by atoms with E-state index in [1.54, 1.807) is 0 Å². The summed E-state index contributed by atoms with van der Waals surface area (Å²) in [6.07, 6.45) is 9.93. The van der Waals surface area contributed by atoms with Gasteiger partial charge in [-0.25, -0.2) is 4.79 Å². The minimum Gasteiger partial charge on any atom is -0.446 e. The van der Waals surface area contributed by atoms with Gasteiger partial charge in [-0.2, -0.15) is 0 Å². The zero-order chi connectivity index (χ0) is 26.9. The van der Waals surface area contributed by atoms with Gasteiger partial charge in [0, 0.05) is 23.4 Å². The van der Waals surface area contributed by atoms with Crippen molar-refractivity contribution in [2.24, 2.45) is 17.8 Å². The highest BCUT2D eigenvalue weighted by molar-refractivity contribution is 6.30. The van der Waals surface area contributed by atoms with Gasteiger partial charge in [-0.3, -0.25) is 9.59 Å². The Hall–Kier alpha value is -2.32. The first-order chi connectivity index (χ1) is 18.4. The molecule has 210 valence electrons. The fourth-order valence-electron chi connectivity index (χ4n) is 6.35. The first-order valence-corrected chi connectivity index (χ1v) is 14.7. The number of carbonyl (C=O) groups excluding carboxylic acids is 3. The molecule has 8 nitrogen and oxygen atoms in total. The summed E-state index contributed by atoms with van der Waals surface area (Å²) in [6, 6.07) is 6.49. The number of aliphatic hydroxyl groups is 1. The van der Waals surface area contributed by atoms with E-state index in [2.05, 4.69) is 16.0 Å². The Morgan fingerprint density at radius 1 is 1.05 bits per heavy atom. The minimum absolute atomic E-state index is 0.0398. The van der Waals surface area contributed by atoms with E-state index in [1.165, 1.54) is 6.42 Å². The molecule has 9 heteroatoms. The first kappa shape index (κ1) is 28.7. The highest BCUT2D eigenvalue weighted by atomic mass is 35.5. The number of ether oxygens (including phenoxy) is 1. The van der Waals surface area contributed by atoms with Gasteiger partial charge in [-0.15, -0.1) is 0 Å². The molecular weight excluding hydrogens is 506 g/mol. The lowest BCUT2D eigenvalue weighted by Crippen LogP contribution is -2.52. The van der Waals surface area contributed by atoms with Crippen molar-refractivity contribution < 1.29 is 24.2 Å². The maximum atomic E-state index is 13.3. The highest BCUT2D eigenvalue weighted by Crippen LogP contribution is 2.32. The number of aliphatic hydroxyl groups excluding tert-OH is 1. The van der Waals surface area contributed by atoms with Crippen molar-refractivity contribution in [3.05, 3.63) is 34.9 Å². The molecule has 3 amide bonds. The van der Waals surface area contributed by atoms with Crippen LogP contribution in [0.3, 0.4) is 0 Å². The quantitative estimate of drug-likeness (QED) is 0.332. The molecule has 0 unspecified atom stereocenters. The predicted octanol–water partition coefficient (Wildman–Crippen LogP) is 4.12. The molecular formula is C29H42ClN3O5. The van der Waals surface area contributed by atoms with Crippen molar-refractivity contribution in [3.8, 4) is 0 Å². The summed E-state index contributed by atoms with van der Waals surface area (Å²) < 4.78 is 5.88. The fourth-order valence-corrected chi connectivity index (χ4v) is 6.57. The van der Waals surface area contributed by atoms with Crippen LogP contribution >= 0.6 is 11.6 Å². The van der Waals surface area contributed by atoms with Crippen molar-refractivity contribution in [2.45, 2.75) is 95.2 Å². The SMILES string of the molecule is O=C(N[C@@H](CC1CCCCC1)C(=O)N[C@H](CO)C[C@@H]1CCNC1=O)O[C@H]1CCC[C@@H]1Cc1cccc(Cl)c1. The van der Waals surface area contributed by atoms with Gasteiger partial charge in [0.05, 0.1) is 12.6 Å². The maximum Gasteiger partial charge on any atom is 0.408 e. The van der Waals surface area contributed by atoms with Crippen molar-refractivity contribution in [2.75, 3.05) is 13.2 Å². The number of carbonyl (C=O) groups is 3. The molecule has 1 saturated heterocycles. The molecule has 5 atom stereocenters. The number of hydrogen-bond donors (Lipinski definition) is 4. The van der Waals surface area contributed by atoms with E-state index < -0.39 is 18.2 Å². The number of halogens is 1. The van der Waals surface area contributed by atoms with Gasteiger partial charge >= 0.3 is 6.09 Å². The third-order valence-corrected chi connectivity index (χ3v) is 8.67. The van der Waals surface area contributed by atoms with E-state index in [4.69, 9.17) is 16.3 Å². The van der Waals surface area contributed by atoms with Crippen LogP contribution in [-0.4, -0.2) is 54.4 Å². The lowest BCUT2D eigenvalue weighted by molar-refractivity contribution is -0.126. The third kappa shape index (κ3) is 8.34. The second-order valence-electron chi connectivity index (χ2n) is 11.3. The maximum absolute atomic E-state index is 13.3. The standard InChI is InChI=1S/C29H42ClN3O5/c30-23-10-4-8-20(15-23)14-21-9-5-11-26(21)38-29(37)33-25(16-19-6-2-1-3-7-19)28(36)32-24(18-34)17-22-12-13-31-27(22)35/h4,8,10,15,19,21-22,24-26,34H,1-3,5-7,9,11-14,16-18H2,(H,31,35)(H,32,36)(H,33,37)/t21-,22+,24+,25+,26+/m1/s1. The summed E-state index contributed by atoms with van der Waals surface area (Å²) in [5.74, 6) is -0.0221. The summed E-state index contributed by atoms with van der Waals surface area (Å²) >= 11 is 6.15.